The minimum atomic E-state index is -0.496. The number of piperidine rings is 1. The Morgan fingerprint density at radius 1 is 1.29 bits per heavy atom. The molecule has 0 aromatic carbocycles. The van der Waals surface area contributed by atoms with E-state index < -0.39 is 5.60 Å². The number of rotatable bonds is 9. The Balaban J connectivity index is 2.41. The fourth-order valence-corrected chi connectivity index (χ4v) is 3.18. The van der Waals surface area contributed by atoms with Crippen molar-refractivity contribution in [3.8, 4) is 0 Å². The third-order valence-electron chi connectivity index (χ3n) is 4.64. The number of alkyl carbamates (subject to hydrolysis) is 1. The SMILES string of the molecule is CCCC(CNC(=NC)NC1CCN(CCOC)CC1)NC(=O)OC(C)(C)C. The molecule has 0 radical (unpaired) electrons. The molecule has 8 nitrogen and oxygen atoms in total. The third kappa shape index (κ3) is 10.7. The van der Waals surface area contributed by atoms with Gasteiger partial charge in [-0.1, -0.05) is 13.3 Å². The molecule has 8 heteroatoms. The zero-order chi connectivity index (χ0) is 21.0. The zero-order valence-electron chi connectivity index (χ0n) is 18.6. The molecule has 3 N–H and O–H groups in total. The van der Waals surface area contributed by atoms with Crippen LogP contribution in [0.4, 0.5) is 4.79 Å². The van der Waals surface area contributed by atoms with Crippen molar-refractivity contribution in [3.63, 3.8) is 0 Å². The van der Waals surface area contributed by atoms with Crippen LogP contribution >= 0.6 is 0 Å². The van der Waals surface area contributed by atoms with Gasteiger partial charge in [-0.3, -0.25) is 4.99 Å². The maximum Gasteiger partial charge on any atom is 0.407 e. The average molecular weight is 400 g/mol. The van der Waals surface area contributed by atoms with Gasteiger partial charge in [0.2, 0.25) is 0 Å². The lowest BCUT2D eigenvalue weighted by atomic mass is 10.1. The summed E-state index contributed by atoms with van der Waals surface area (Å²) in [5.74, 6) is 0.780. The van der Waals surface area contributed by atoms with Crippen LogP contribution in [0.1, 0.15) is 53.4 Å². The highest BCUT2D eigenvalue weighted by Gasteiger charge is 2.21. The Hall–Kier alpha value is -1.54. The van der Waals surface area contributed by atoms with Gasteiger partial charge in [0.25, 0.3) is 0 Å². The van der Waals surface area contributed by atoms with Gasteiger partial charge in [0.1, 0.15) is 5.60 Å². The van der Waals surface area contributed by atoms with Crippen LogP contribution in [-0.2, 0) is 9.47 Å². The summed E-state index contributed by atoms with van der Waals surface area (Å²) in [7, 11) is 3.52. The molecule has 1 atom stereocenters. The number of nitrogens with one attached hydrogen (secondary N) is 3. The van der Waals surface area contributed by atoms with Gasteiger partial charge in [0.05, 0.1) is 6.61 Å². The number of carbonyl (C=O) groups is 1. The van der Waals surface area contributed by atoms with E-state index in [1.165, 1.54) is 0 Å². The summed E-state index contributed by atoms with van der Waals surface area (Å²) < 4.78 is 10.5. The van der Waals surface area contributed by atoms with Crippen LogP contribution in [0.5, 0.6) is 0 Å². The maximum atomic E-state index is 12.1. The Morgan fingerprint density at radius 2 is 1.96 bits per heavy atom. The summed E-state index contributed by atoms with van der Waals surface area (Å²) in [6, 6.07) is 0.405. The van der Waals surface area contributed by atoms with Crippen LogP contribution in [-0.4, -0.2) is 81.6 Å². The van der Waals surface area contributed by atoms with Gasteiger partial charge in [-0.15, -0.1) is 0 Å². The lowest BCUT2D eigenvalue weighted by Crippen LogP contribution is -2.52. The van der Waals surface area contributed by atoms with Gasteiger partial charge < -0.3 is 30.3 Å². The zero-order valence-corrected chi connectivity index (χ0v) is 18.6. The van der Waals surface area contributed by atoms with Crippen LogP contribution in [0.2, 0.25) is 0 Å². The highest BCUT2D eigenvalue weighted by Crippen LogP contribution is 2.10. The number of aliphatic imine (C=N–C) groups is 1. The topological polar surface area (TPSA) is 87.2 Å². The summed E-state index contributed by atoms with van der Waals surface area (Å²) >= 11 is 0. The van der Waals surface area contributed by atoms with Crippen LogP contribution < -0.4 is 16.0 Å². The Bertz CT molecular complexity index is 471. The van der Waals surface area contributed by atoms with E-state index in [0.717, 1.165) is 57.9 Å². The summed E-state index contributed by atoms with van der Waals surface area (Å²) in [6.45, 7) is 12.2. The molecule has 1 amide bonds. The first-order valence-corrected chi connectivity index (χ1v) is 10.4. The number of guanidine groups is 1. The van der Waals surface area contributed by atoms with Gasteiger partial charge >= 0.3 is 6.09 Å². The molecule has 0 spiro atoms. The maximum absolute atomic E-state index is 12.1. The molecule has 28 heavy (non-hydrogen) atoms. The third-order valence-corrected chi connectivity index (χ3v) is 4.64. The van der Waals surface area contributed by atoms with Gasteiger partial charge in [-0.05, 0) is 40.0 Å². The number of ether oxygens (including phenoxy) is 2. The van der Waals surface area contributed by atoms with Crippen LogP contribution in [0.25, 0.3) is 0 Å². The highest BCUT2D eigenvalue weighted by molar-refractivity contribution is 5.80. The molecule has 1 rings (SSSR count). The Kier molecular flexibility index (Phi) is 11.2. The van der Waals surface area contributed by atoms with Crippen molar-refractivity contribution >= 4 is 12.1 Å². The molecule has 164 valence electrons. The van der Waals surface area contributed by atoms with Crippen molar-refractivity contribution in [1.82, 2.24) is 20.9 Å². The minimum absolute atomic E-state index is 0.00529. The molecule has 1 unspecified atom stereocenters. The predicted molar refractivity (Wildman–Crippen MR) is 114 cm³/mol. The van der Waals surface area contributed by atoms with Crippen molar-refractivity contribution in [2.75, 3.05) is 46.9 Å². The van der Waals surface area contributed by atoms with Gasteiger partial charge in [-0.25, -0.2) is 4.79 Å². The number of methoxy groups -OCH3 is 1. The number of likely N-dealkylation sites (tertiary alicyclic amines) is 1. The van der Waals surface area contributed by atoms with E-state index in [-0.39, 0.29) is 12.1 Å². The summed E-state index contributed by atoms with van der Waals surface area (Å²) in [5.41, 5.74) is -0.496. The van der Waals surface area contributed by atoms with E-state index in [1.54, 1.807) is 14.2 Å². The number of hydrogen-bond donors (Lipinski definition) is 3. The molecule has 0 saturated carbocycles. The van der Waals surface area contributed by atoms with Crippen molar-refractivity contribution in [1.29, 1.82) is 0 Å². The molecule has 0 aromatic heterocycles. The van der Waals surface area contributed by atoms with Gasteiger partial charge in [0.15, 0.2) is 5.96 Å². The second-order valence-corrected chi connectivity index (χ2v) is 8.34. The quantitative estimate of drug-likeness (QED) is 0.406. The van der Waals surface area contributed by atoms with Crippen molar-refractivity contribution in [3.05, 3.63) is 0 Å². The Morgan fingerprint density at radius 3 is 2.50 bits per heavy atom. The number of nitrogens with zero attached hydrogens (tertiary/aromatic N) is 2. The minimum Gasteiger partial charge on any atom is -0.444 e. The largest absolute Gasteiger partial charge is 0.444 e. The van der Waals surface area contributed by atoms with Crippen molar-refractivity contribution in [2.24, 2.45) is 4.99 Å². The molecule has 1 heterocycles. The molecule has 1 aliphatic heterocycles. The Labute approximate surface area is 170 Å². The monoisotopic (exact) mass is 399 g/mol. The van der Waals surface area contributed by atoms with E-state index in [9.17, 15) is 4.79 Å². The van der Waals surface area contributed by atoms with Crippen molar-refractivity contribution < 1.29 is 14.3 Å². The summed E-state index contributed by atoms with van der Waals surface area (Å²) in [4.78, 5) is 18.8. The standard InChI is InChI=1S/C20H41N5O3/c1-7-8-17(24-19(26)28-20(2,3)4)15-22-18(21-5)23-16-9-11-25(12-10-16)13-14-27-6/h16-17H,7-15H2,1-6H3,(H,24,26)(H2,21,22,23). The molecule has 0 aliphatic carbocycles. The molecule has 1 aliphatic rings. The first-order valence-electron chi connectivity index (χ1n) is 10.4. The summed E-state index contributed by atoms with van der Waals surface area (Å²) in [6.07, 6.45) is 3.65. The van der Waals surface area contributed by atoms with Crippen LogP contribution in [0, 0.1) is 0 Å². The van der Waals surface area contributed by atoms with E-state index >= 15 is 0 Å². The fourth-order valence-electron chi connectivity index (χ4n) is 3.18. The van der Waals surface area contributed by atoms with Crippen LogP contribution in [0.3, 0.4) is 0 Å². The molecule has 1 fully saturated rings. The molecular formula is C20H41N5O3. The van der Waals surface area contributed by atoms with Crippen LogP contribution in [0.15, 0.2) is 4.99 Å². The smallest absolute Gasteiger partial charge is 0.407 e. The lowest BCUT2D eigenvalue weighted by Gasteiger charge is -2.33. The fraction of sp³-hybridized carbons (Fsp3) is 0.900. The van der Waals surface area contributed by atoms with E-state index in [2.05, 4.69) is 32.8 Å². The first-order chi connectivity index (χ1) is 13.3. The number of hydrogen-bond acceptors (Lipinski definition) is 5. The van der Waals surface area contributed by atoms with Crippen molar-refractivity contribution in [2.45, 2.75) is 71.1 Å². The second kappa shape index (κ2) is 12.8. The number of carbonyl (C=O) groups excluding carboxylic acids is 1. The molecule has 1 saturated heterocycles. The van der Waals surface area contributed by atoms with E-state index in [1.807, 2.05) is 20.8 Å². The second-order valence-electron chi connectivity index (χ2n) is 8.34. The molecule has 0 bridgehead atoms. The van der Waals surface area contributed by atoms with E-state index in [4.69, 9.17) is 9.47 Å². The van der Waals surface area contributed by atoms with Gasteiger partial charge in [-0.2, -0.15) is 0 Å². The molecule has 0 aromatic rings. The average Bonchev–Trinajstić information content (AvgIpc) is 2.62. The summed E-state index contributed by atoms with van der Waals surface area (Å²) in [5, 5.41) is 9.82. The highest BCUT2D eigenvalue weighted by atomic mass is 16.6. The van der Waals surface area contributed by atoms with E-state index in [0.29, 0.717) is 12.6 Å². The number of amides is 1. The normalized spacial score (nSPS) is 17.9. The van der Waals surface area contributed by atoms with Gasteiger partial charge in [0, 0.05) is 52.4 Å². The predicted octanol–water partition coefficient (Wildman–Crippen LogP) is 1.96. The lowest BCUT2D eigenvalue weighted by molar-refractivity contribution is 0.0502. The molecular weight excluding hydrogens is 358 g/mol. The first kappa shape index (κ1) is 24.5.